The van der Waals surface area contributed by atoms with Gasteiger partial charge in [0.2, 0.25) is 0 Å². The Balaban J connectivity index is 0.753. The van der Waals surface area contributed by atoms with Crippen molar-refractivity contribution in [1.82, 2.24) is 9.13 Å². The fraction of sp³-hybridized carbons (Fsp3) is 0.0308. The standard InChI is InChI=1S/C130H85B3N4O4/c1-130(2,3)92-74-112-121-113(75-92)137(127-97(86-46-24-10-25-47-86)54-33-55-98(127)87-48-26-11-27-49-87)114-78-118-124-128(122(114)132(121)103-64-62-93(134-107-56-30-28-50-99(107)101-70-88(58-66-109(101)134)80-34-12-4-13-35-80)76-111(103)136(112)126-95(84-42-20-8-21-43-84)52-32-53-96(126)85-44-22-9-23-45-85)141-120-79-119-123-129(140-116-69-61-91(83-40-18-7-19-41-83)73-106(116)131(123)105-72-90(60-68-115(105)138-119)82-38-16-6-17-39-82)125(120)133(124)104-65-63-94(77-117(104)139-118)135-108-57-31-29-51-100(108)102-71-89(59-67-110(102)135)81-36-14-5-15-37-81/h4-79H,1-3H3. The van der Waals surface area contributed by atoms with Crippen LogP contribution in [0.25, 0.3) is 144 Å². The molecule has 0 amide bonds. The Morgan fingerprint density at radius 1 is 0.199 bits per heavy atom. The van der Waals surface area contributed by atoms with Gasteiger partial charge in [-0.1, -0.05) is 385 Å². The van der Waals surface area contributed by atoms with Gasteiger partial charge in [-0.25, -0.2) is 0 Å². The Morgan fingerprint density at radius 3 is 1.00 bits per heavy atom. The van der Waals surface area contributed by atoms with Crippen LogP contribution in [0.4, 0.5) is 34.1 Å². The summed E-state index contributed by atoms with van der Waals surface area (Å²) in [6, 6.07) is 170. The molecule has 6 aliphatic rings. The quantitative estimate of drug-likeness (QED) is 0.114. The Bertz CT molecular complexity index is 9000. The second kappa shape index (κ2) is 31.4. The van der Waals surface area contributed by atoms with Crippen LogP contribution in [0.15, 0.2) is 461 Å². The van der Waals surface area contributed by atoms with Gasteiger partial charge in [0.05, 0.1) is 33.4 Å². The van der Waals surface area contributed by atoms with Crippen LogP contribution < -0.4 is 77.9 Å². The third-order valence-electron chi connectivity index (χ3n) is 30.3. The molecule has 0 saturated heterocycles. The molecule has 0 atom stereocenters. The zero-order chi connectivity index (χ0) is 93.0. The lowest BCUT2D eigenvalue weighted by Gasteiger charge is -2.48. The predicted molar refractivity (Wildman–Crippen MR) is 587 cm³/mol. The lowest BCUT2D eigenvalue weighted by molar-refractivity contribution is 0.444. The van der Waals surface area contributed by atoms with E-state index in [9.17, 15) is 0 Å². The zero-order valence-electron chi connectivity index (χ0n) is 77.5. The van der Waals surface area contributed by atoms with Gasteiger partial charge in [0.25, 0.3) is 20.1 Å². The maximum atomic E-state index is 8.67. The Morgan fingerprint density at radius 2 is 0.539 bits per heavy atom. The maximum Gasteiger partial charge on any atom is 0.265 e. The fourth-order valence-electron chi connectivity index (χ4n) is 23.9. The van der Waals surface area contributed by atoms with Crippen molar-refractivity contribution in [1.29, 1.82) is 0 Å². The van der Waals surface area contributed by atoms with Crippen LogP contribution in [0.3, 0.4) is 0 Å². The first kappa shape index (κ1) is 80.5. The van der Waals surface area contributed by atoms with Gasteiger partial charge in [-0.3, -0.25) is 0 Å². The Hall–Kier alpha value is -17.8. The van der Waals surface area contributed by atoms with E-state index >= 15 is 0 Å². The molecule has 8 nitrogen and oxygen atoms in total. The molecular formula is C130H85B3N4O4. The van der Waals surface area contributed by atoms with Crippen molar-refractivity contribution in [2.45, 2.75) is 26.2 Å². The number of fused-ring (bicyclic) bond motifs is 20. The highest BCUT2D eigenvalue weighted by Crippen LogP contribution is 2.57. The molecule has 658 valence electrons. The number of nitrogens with zero attached hydrogens (tertiary/aromatic N) is 4. The summed E-state index contributed by atoms with van der Waals surface area (Å²) in [5.74, 6) is 5.58. The molecule has 29 rings (SSSR count). The van der Waals surface area contributed by atoms with E-state index in [-0.39, 0.29) is 6.71 Å². The molecule has 0 N–H and O–H groups in total. The number of para-hydroxylation sites is 4. The van der Waals surface area contributed by atoms with Gasteiger partial charge in [-0.15, -0.1) is 0 Å². The van der Waals surface area contributed by atoms with E-state index in [1.54, 1.807) is 0 Å². The van der Waals surface area contributed by atoms with Crippen molar-refractivity contribution < 1.29 is 18.9 Å². The summed E-state index contributed by atoms with van der Waals surface area (Å²) in [5.41, 5.74) is 39.7. The van der Waals surface area contributed by atoms with E-state index in [4.69, 9.17) is 18.9 Å². The largest absolute Gasteiger partial charge is 0.459 e. The van der Waals surface area contributed by atoms with Crippen LogP contribution in [0.5, 0.6) is 46.0 Å². The summed E-state index contributed by atoms with van der Waals surface area (Å²) in [6.45, 7) is 5.60. The normalized spacial score (nSPS) is 13.1. The lowest BCUT2D eigenvalue weighted by atomic mass is 9.29. The third-order valence-corrected chi connectivity index (χ3v) is 30.3. The summed E-state index contributed by atoms with van der Waals surface area (Å²) < 4.78 is 37.6. The first-order valence-corrected chi connectivity index (χ1v) is 48.8. The molecule has 0 spiro atoms. The molecule has 23 aromatic rings. The number of benzene rings is 21. The molecule has 21 aromatic carbocycles. The van der Waals surface area contributed by atoms with E-state index in [0.717, 1.165) is 228 Å². The highest BCUT2D eigenvalue weighted by atomic mass is 16.5. The van der Waals surface area contributed by atoms with E-state index in [1.807, 2.05) is 0 Å². The minimum atomic E-state index is -0.600. The number of hydrogen-bond acceptors (Lipinski definition) is 6. The van der Waals surface area contributed by atoms with Gasteiger partial charge in [0.1, 0.15) is 46.0 Å². The summed E-state index contributed by atoms with van der Waals surface area (Å²) in [5, 5.41) is 4.65. The summed E-state index contributed by atoms with van der Waals surface area (Å²) >= 11 is 0. The molecule has 141 heavy (non-hydrogen) atoms. The minimum absolute atomic E-state index is 0.357. The number of anilines is 6. The zero-order valence-corrected chi connectivity index (χ0v) is 77.5. The number of ether oxygens (including phenoxy) is 4. The van der Waals surface area contributed by atoms with E-state index in [2.05, 4.69) is 501 Å². The molecule has 0 aliphatic carbocycles. The van der Waals surface area contributed by atoms with Crippen LogP contribution in [-0.2, 0) is 5.41 Å². The average Bonchev–Trinajstić information content (AvgIpc) is 0.784. The van der Waals surface area contributed by atoms with Crippen molar-refractivity contribution in [2.24, 2.45) is 0 Å². The van der Waals surface area contributed by atoms with Crippen LogP contribution in [-0.4, -0.2) is 29.3 Å². The van der Waals surface area contributed by atoms with Crippen LogP contribution in [0, 0.1) is 0 Å². The summed E-state index contributed by atoms with van der Waals surface area (Å²) in [6.07, 6.45) is 0. The number of hydrogen-bond donors (Lipinski definition) is 0. The topological polar surface area (TPSA) is 53.3 Å². The van der Waals surface area contributed by atoms with E-state index in [1.165, 1.54) is 16.3 Å². The van der Waals surface area contributed by atoms with Gasteiger partial charge in [-0.2, -0.15) is 0 Å². The molecule has 2 aromatic heterocycles. The predicted octanol–water partition coefficient (Wildman–Crippen LogP) is 28.1. The molecule has 0 radical (unpaired) electrons. The van der Waals surface area contributed by atoms with Gasteiger partial charge in [-0.05, 0) is 189 Å². The molecule has 0 fully saturated rings. The number of rotatable bonds is 12. The molecule has 6 aliphatic heterocycles. The van der Waals surface area contributed by atoms with Gasteiger partial charge < -0.3 is 37.9 Å². The Labute approximate surface area is 818 Å². The van der Waals surface area contributed by atoms with Crippen molar-refractivity contribution in [3.8, 4) is 146 Å². The van der Waals surface area contributed by atoms with E-state index in [0.29, 0.717) is 34.5 Å². The minimum Gasteiger partial charge on any atom is -0.459 e. The van der Waals surface area contributed by atoms with Crippen LogP contribution in [0.2, 0.25) is 0 Å². The van der Waals surface area contributed by atoms with Crippen molar-refractivity contribution in [2.75, 3.05) is 9.80 Å². The first-order chi connectivity index (χ1) is 69.6. The van der Waals surface area contributed by atoms with Gasteiger partial charge >= 0.3 is 0 Å². The smallest absolute Gasteiger partial charge is 0.265 e. The number of aromatic nitrogens is 2. The molecule has 0 saturated carbocycles. The van der Waals surface area contributed by atoms with Gasteiger partial charge in [0.15, 0.2) is 0 Å². The van der Waals surface area contributed by atoms with Crippen LogP contribution in [0.1, 0.15) is 26.3 Å². The Kier molecular flexibility index (Phi) is 17.9. The molecule has 0 unspecified atom stereocenters. The molecule has 8 heterocycles. The summed E-state index contributed by atoms with van der Waals surface area (Å²) in [7, 11) is 0. The SMILES string of the molecule is CC(C)(C)c1cc2c3c(c1)N(c1c(-c4ccccc4)cccc1-c1ccccc1)c1cc4c5c(c1B3c1ccc(-n3c6ccccc6c6cc(-c7ccccc7)ccc63)cc1N2c1c(-c2ccccc2)cccc1-c1ccccc1)Oc1cc2c3c(c1B5c1ccc(-n5c6ccccc6c6cc(-c7ccccc7)ccc65)cc1O4)Oc1ccc(-c4ccccc4)cc1B3c1cc(-c3ccccc3)ccc1O2. The average molecular weight is 1800 g/mol. The highest BCUT2D eigenvalue weighted by molar-refractivity contribution is 7.04. The molecule has 0 bridgehead atoms. The van der Waals surface area contributed by atoms with Gasteiger partial charge in [0, 0.05) is 113 Å². The molecular weight excluding hydrogens is 1710 g/mol. The fourth-order valence-corrected chi connectivity index (χ4v) is 23.9. The third kappa shape index (κ3) is 12.5. The monoisotopic (exact) mass is 1800 g/mol. The maximum absolute atomic E-state index is 8.67. The van der Waals surface area contributed by atoms with Crippen molar-refractivity contribution >= 4 is 147 Å². The first-order valence-electron chi connectivity index (χ1n) is 48.8. The molecule has 11 heteroatoms. The summed E-state index contributed by atoms with van der Waals surface area (Å²) in [4.78, 5) is 5.32. The van der Waals surface area contributed by atoms with Crippen molar-refractivity contribution in [3.05, 3.63) is 467 Å². The van der Waals surface area contributed by atoms with E-state index < -0.39 is 18.8 Å². The second-order valence-electron chi connectivity index (χ2n) is 39.1. The lowest BCUT2D eigenvalue weighted by Crippen LogP contribution is -2.66. The highest BCUT2D eigenvalue weighted by Gasteiger charge is 2.55. The second-order valence-corrected chi connectivity index (χ2v) is 39.1. The van der Waals surface area contributed by atoms with Crippen molar-refractivity contribution in [3.63, 3.8) is 0 Å². The van der Waals surface area contributed by atoms with Crippen LogP contribution >= 0.6 is 0 Å².